The summed E-state index contributed by atoms with van der Waals surface area (Å²) in [5.41, 5.74) is -12.4. The number of rotatable bonds is 11. The van der Waals surface area contributed by atoms with E-state index in [0.717, 1.165) is 23.6 Å². The van der Waals surface area contributed by atoms with Gasteiger partial charge in [0.15, 0.2) is 20.0 Å². The van der Waals surface area contributed by atoms with Gasteiger partial charge in [-0.05, 0) is 18.8 Å². The topological polar surface area (TPSA) is 123 Å². The van der Waals surface area contributed by atoms with E-state index < -0.39 is 31.1 Å². The number of aliphatic hydroxyl groups excluding tert-OH is 1. The molecule has 1 aromatic rings. The number of nitrogens with one attached hydrogen (secondary N) is 1. The fourth-order valence-electron chi connectivity index (χ4n) is 2.55. The number of aryl methyl sites for hydroxylation is 2. The van der Waals surface area contributed by atoms with E-state index in [1.54, 1.807) is 0 Å². The van der Waals surface area contributed by atoms with Gasteiger partial charge < -0.3 is 14.6 Å². The number of hydrogen-bond donors (Lipinski definition) is 2. The molecular weight excluding hydrogens is 518 g/mol. The highest BCUT2D eigenvalue weighted by atomic mass is 32.3. The van der Waals surface area contributed by atoms with Gasteiger partial charge in [0.25, 0.3) is 5.82 Å². The Hall–Kier alpha value is -1.43. The molecule has 0 fully saturated rings. The minimum atomic E-state index is -6.72. The Labute approximate surface area is 195 Å². The molecular formula is C17H30F6N4O5S2. The Morgan fingerprint density at radius 1 is 1.09 bits per heavy atom. The van der Waals surface area contributed by atoms with Gasteiger partial charge in [-0.1, -0.05) is 27.2 Å². The van der Waals surface area contributed by atoms with Crippen molar-refractivity contribution in [1.29, 1.82) is 0 Å². The summed E-state index contributed by atoms with van der Waals surface area (Å²) >= 11 is 0. The quantitative estimate of drug-likeness (QED) is 0.324. The molecule has 0 aromatic carbocycles. The zero-order valence-corrected chi connectivity index (χ0v) is 20.7. The van der Waals surface area contributed by atoms with Gasteiger partial charge in [0.2, 0.25) is 0 Å². The van der Waals surface area contributed by atoms with E-state index in [-0.39, 0.29) is 12.6 Å². The van der Waals surface area contributed by atoms with Crippen LogP contribution in [-0.2, 0) is 40.2 Å². The summed E-state index contributed by atoms with van der Waals surface area (Å²) in [5.74, 6) is 1.88. The first-order valence-electron chi connectivity index (χ1n) is 10.0. The van der Waals surface area contributed by atoms with Crippen LogP contribution >= 0.6 is 0 Å². The minimum Gasteiger partial charge on any atom is -0.421 e. The first kappa shape index (κ1) is 32.6. The summed E-state index contributed by atoms with van der Waals surface area (Å²) in [6.07, 6.45) is 7.67. The number of sulfonamides is 2. The van der Waals surface area contributed by atoms with Crippen molar-refractivity contribution in [3.05, 3.63) is 22.3 Å². The van der Waals surface area contributed by atoms with Crippen LogP contribution < -0.4 is 9.88 Å². The molecule has 202 valence electrons. The van der Waals surface area contributed by atoms with Gasteiger partial charge in [-0.25, -0.2) is 26.0 Å². The number of aromatic nitrogens is 2. The molecule has 0 aliphatic heterocycles. The van der Waals surface area contributed by atoms with E-state index in [2.05, 4.69) is 54.7 Å². The van der Waals surface area contributed by atoms with Crippen molar-refractivity contribution < 1.29 is 52.9 Å². The smallest absolute Gasteiger partial charge is 0.421 e. The summed E-state index contributed by atoms with van der Waals surface area (Å²) in [7, 11) is -11.4. The van der Waals surface area contributed by atoms with Crippen LogP contribution in [0.15, 0.2) is 12.4 Å². The highest BCUT2D eigenvalue weighted by Gasteiger charge is 2.46. The van der Waals surface area contributed by atoms with Crippen molar-refractivity contribution in [3.63, 3.8) is 0 Å². The Kier molecular flexibility index (Phi) is 12.5. The average molecular weight is 549 g/mol. The monoisotopic (exact) mass is 548 g/mol. The van der Waals surface area contributed by atoms with Crippen molar-refractivity contribution in [2.24, 2.45) is 13.0 Å². The molecule has 0 bridgehead atoms. The molecule has 0 amide bonds. The molecule has 9 nitrogen and oxygen atoms in total. The van der Waals surface area contributed by atoms with Crippen molar-refractivity contribution in [2.45, 2.75) is 70.2 Å². The van der Waals surface area contributed by atoms with Gasteiger partial charge in [0.1, 0.15) is 12.4 Å². The molecule has 1 atom stereocenters. The molecule has 0 spiro atoms. The molecule has 17 heteroatoms. The van der Waals surface area contributed by atoms with E-state index in [0.29, 0.717) is 5.92 Å². The minimum absolute atomic E-state index is 0.189. The maximum atomic E-state index is 11.4. The molecule has 34 heavy (non-hydrogen) atoms. The standard InChI is InChI=1S/C15H30N3O.C2F6NO4S2/c1-5-6-7-18-9-8-17(4)15(18)11-16-14(12-19)10-13(2)3;3-1(4,5)14(10,11)9-15(12,13)2(6,7)8/h8-9,13-14,16,19H,5-7,10-12H2,1-4H3;/q+1;-1/t14-;/m1./s1. The molecule has 1 rings (SSSR count). The van der Waals surface area contributed by atoms with Crippen LogP contribution in [0.4, 0.5) is 26.3 Å². The fraction of sp³-hybridized carbons (Fsp3) is 0.824. The Morgan fingerprint density at radius 2 is 1.59 bits per heavy atom. The molecule has 0 saturated heterocycles. The lowest BCUT2D eigenvalue weighted by molar-refractivity contribution is -0.679. The molecule has 0 saturated carbocycles. The zero-order valence-electron chi connectivity index (χ0n) is 19.1. The van der Waals surface area contributed by atoms with E-state index in [4.69, 9.17) is 0 Å². The fourth-order valence-corrected chi connectivity index (χ4v) is 4.26. The average Bonchev–Trinajstić information content (AvgIpc) is 3.00. The van der Waals surface area contributed by atoms with Crippen molar-refractivity contribution in [3.8, 4) is 0 Å². The number of hydrogen-bond acceptors (Lipinski definition) is 6. The molecule has 0 aliphatic rings. The molecule has 0 unspecified atom stereocenters. The van der Waals surface area contributed by atoms with Crippen LogP contribution in [0.5, 0.6) is 0 Å². The van der Waals surface area contributed by atoms with Gasteiger partial charge in [0.05, 0.1) is 26.7 Å². The number of aliphatic hydroxyl groups is 1. The summed E-state index contributed by atoms with van der Waals surface area (Å²) in [5, 5.41) is 12.9. The number of imidazole rings is 1. The number of unbranched alkanes of at least 4 members (excludes halogenated alkanes) is 1. The first-order valence-corrected chi connectivity index (χ1v) is 12.9. The largest absolute Gasteiger partial charge is 0.480 e. The second-order valence-electron chi connectivity index (χ2n) is 7.68. The number of halogens is 6. The van der Waals surface area contributed by atoms with E-state index in [9.17, 15) is 48.3 Å². The Bertz CT molecular complexity index is 918. The summed E-state index contributed by atoms with van der Waals surface area (Å²) in [6.45, 7) is 8.68. The lowest BCUT2D eigenvalue weighted by Gasteiger charge is -2.22. The van der Waals surface area contributed by atoms with Crippen molar-refractivity contribution >= 4 is 20.0 Å². The molecule has 0 aliphatic carbocycles. The Morgan fingerprint density at radius 3 is 1.97 bits per heavy atom. The SMILES string of the molecule is CCCCn1cc[n+](C)c1CN[C@@H](CO)CC(C)C.O=S(=O)([N-]S(=O)(=O)C(F)(F)F)C(F)(F)F. The summed E-state index contributed by atoms with van der Waals surface area (Å²) < 4.78 is 114. The van der Waals surface area contributed by atoms with Crippen LogP contribution in [0.3, 0.4) is 0 Å². The number of alkyl halides is 6. The first-order chi connectivity index (χ1) is 15.3. The predicted molar refractivity (Wildman–Crippen MR) is 111 cm³/mol. The lowest BCUT2D eigenvalue weighted by Crippen LogP contribution is -2.40. The van der Waals surface area contributed by atoms with Crippen molar-refractivity contribution in [1.82, 2.24) is 9.88 Å². The van der Waals surface area contributed by atoms with Gasteiger partial charge >= 0.3 is 11.0 Å². The highest BCUT2D eigenvalue weighted by Crippen LogP contribution is 2.36. The van der Waals surface area contributed by atoms with Gasteiger partial charge in [-0.2, -0.15) is 26.3 Å². The normalized spacial score (nSPS) is 14.1. The summed E-state index contributed by atoms with van der Waals surface area (Å²) in [4.78, 5) is 0. The maximum Gasteiger partial charge on any atom is 0.480 e. The van der Waals surface area contributed by atoms with Crippen LogP contribution in [0, 0.1) is 5.92 Å². The molecule has 0 radical (unpaired) electrons. The maximum absolute atomic E-state index is 11.4. The second-order valence-corrected chi connectivity index (χ2v) is 11.1. The van der Waals surface area contributed by atoms with Gasteiger partial charge in [-0.3, -0.25) is 0 Å². The van der Waals surface area contributed by atoms with E-state index in [1.165, 1.54) is 18.7 Å². The van der Waals surface area contributed by atoms with E-state index in [1.807, 2.05) is 0 Å². The molecule has 1 heterocycles. The van der Waals surface area contributed by atoms with Crippen LogP contribution in [0.1, 0.15) is 45.9 Å². The third kappa shape index (κ3) is 10.5. The predicted octanol–water partition coefficient (Wildman–Crippen LogP) is 2.67. The second kappa shape index (κ2) is 13.0. The van der Waals surface area contributed by atoms with Crippen LogP contribution in [0.2, 0.25) is 0 Å². The highest BCUT2D eigenvalue weighted by molar-refractivity contribution is 8.13. The third-order valence-electron chi connectivity index (χ3n) is 4.27. The number of nitrogens with zero attached hydrogens (tertiary/aromatic N) is 3. The lowest BCUT2D eigenvalue weighted by atomic mass is 10.0. The molecule has 2 N–H and O–H groups in total. The van der Waals surface area contributed by atoms with Gasteiger partial charge in [-0.15, -0.1) is 0 Å². The van der Waals surface area contributed by atoms with E-state index >= 15 is 0 Å². The third-order valence-corrected chi connectivity index (χ3v) is 7.01. The van der Waals surface area contributed by atoms with Gasteiger partial charge in [0, 0.05) is 6.04 Å². The van der Waals surface area contributed by atoms with Crippen LogP contribution in [-0.4, -0.2) is 50.2 Å². The molecule has 1 aromatic heterocycles. The van der Waals surface area contributed by atoms with Crippen molar-refractivity contribution in [2.75, 3.05) is 6.61 Å². The zero-order chi connectivity index (χ0) is 27.0. The Balaban J connectivity index is 0.000000661. The summed E-state index contributed by atoms with van der Waals surface area (Å²) in [6, 6.07) is 0.189. The van der Waals surface area contributed by atoms with Crippen LogP contribution in [0.25, 0.3) is 4.13 Å².